The minimum atomic E-state index is 0.975. The fourth-order valence-electron chi connectivity index (χ4n) is 2.55. The maximum atomic E-state index is 3.26. The van der Waals surface area contributed by atoms with Crippen molar-refractivity contribution in [3.63, 3.8) is 0 Å². The zero-order valence-corrected chi connectivity index (χ0v) is 15.9. The average Bonchev–Trinajstić information content (AvgIpc) is 3.25. The third-order valence-corrected chi connectivity index (χ3v) is 6.05. The van der Waals surface area contributed by atoms with E-state index in [0.717, 1.165) is 17.7 Å². The van der Waals surface area contributed by atoms with E-state index in [-0.39, 0.29) is 0 Å². The van der Waals surface area contributed by atoms with Gasteiger partial charge < -0.3 is 0 Å². The second-order valence-corrected chi connectivity index (χ2v) is 8.06. The quantitative estimate of drug-likeness (QED) is 0.425. The van der Waals surface area contributed by atoms with E-state index in [9.17, 15) is 0 Å². The third kappa shape index (κ3) is 4.17. The van der Waals surface area contributed by atoms with E-state index in [4.69, 9.17) is 0 Å². The van der Waals surface area contributed by atoms with Crippen molar-refractivity contribution in [3.05, 3.63) is 58.3 Å². The van der Waals surface area contributed by atoms with Gasteiger partial charge in [0.05, 0.1) is 4.88 Å². The molecule has 0 nitrogen and oxygen atoms in total. The van der Waals surface area contributed by atoms with Gasteiger partial charge in [-0.25, -0.2) is 0 Å². The van der Waals surface area contributed by atoms with Crippen molar-refractivity contribution >= 4 is 22.7 Å². The summed E-state index contributed by atoms with van der Waals surface area (Å²) < 4.78 is 0. The monoisotopic (exact) mass is 350 g/mol. The standard InChI is InChI=1S/C22H22S2/c1-3-5-6-8-20-14-16-22(24-20)18-11-9-17(10-12-18)21-15-13-19(23-21)7-4-2/h9-16H,3-5,7H2,1-2H3. The largest absolute Gasteiger partial charge is 0.140 e. The molecule has 0 saturated carbocycles. The first kappa shape index (κ1) is 17.0. The molecule has 2 aromatic heterocycles. The van der Waals surface area contributed by atoms with Crippen LogP contribution in [0.5, 0.6) is 0 Å². The minimum Gasteiger partial charge on any atom is -0.140 e. The first-order chi connectivity index (χ1) is 11.8. The van der Waals surface area contributed by atoms with Gasteiger partial charge in [0.25, 0.3) is 0 Å². The fraction of sp³-hybridized carbons (Fsp3) is 0.273. The van der Waals surface area contributed by atoms with E-state index in [2.05, 4.69) is 74.2 Å². The molecule has 0 N–H and O–H groups in total. The lowest BCUT2D eigenvalue weighted by molar-refractivity contribution is 0.940. The number of unbranched alkanes of at least 4 members (excludes halogenated alkanes) is 1. The Hall–Kier alpha value is -1.82. The molecule has 24 heavy (non-hydrogen) atoms. The molecule has 2 heterocycles. The van der Waals surface area contributed by atoms with Crippen LogP contribution in [0.25, 0.3) is 20.9 Å². The number of thiophene rings is 2. The molecule has 122 valence electrons. The third-order valence-electron chi connectivity index (χ3n) is 3.80. The summed E-state index contributed by atoms with van der Waals surface area (Å²) in [5.41, 5.74) is 2.59. The number of benzene rings is 1. The van der Waals surface area contributed by atoms with Crippen LogP contribution in [-0.2, 0) is 6.42 Å². The van der Waals surface area contributed by atoms with E-state index < -0.39 is 0 Å². The molecule has 0 atom stereocenters. The zero-order valence-electron chi connectivity index (χ0n) is 14.3. The smallest absolute Gasteiger partial charge is 0.0775 e. The van der Waals surface area contributed by atoms with Crippen LogP contribution in [0, 0.1) is 11.8 Å². The van der Waals surface area contributed by atoms with Crippen LogP contribution in [0.15, 0.2) is 48.5 Å². The Labute approximate surface area is 153 Å². The maximum absolute atomic E-state index is 3.26. The second-order valence-electron chi connectivity index (χ2n) is 5.81. The lowest BCUT2D eigenvalue weighted by Crippen LogP contribution is -1.75. The van der Waals surface area contributed by atoms with Gasteiger partial charge in [-0.2, -0.15) is 0 Å². The molecule has 0 aliphatic rings. The Bertz CT molecular complexity index is 838. The van der Waals surface area contributed by atoms with E-state index in [1.165, 1.54) is 38.6 Å². The van der Waals surface area contributed by atoms with Gasteiger partial charge in [0.2, 0.25) is 0 Å². The SMILES string of the molecule is CCCC#Cc1ccc(-c2ccc(-c3ccc(CCC)s3)cc2)s1. The average molecular weight is 351 g/mol. The molecule has 0 aliphatic carbocycles. The van der Waals surface area contributed by atoms with E-state index >= 15 is 0 Å². The number of aryl methyl sites for hydroxylation is 1. The Kier molecular flexibility index (Phi) is 5.91. The van der Waals surface area contributed by atoms with Crippen molar-refractivity contribution in [2.24, 2.45) is 0 Å². The molecule has 0 spiro atoms. The van der Waals surface area contributed by atoms with E-state index in [1.54, 1.807) is 11.3 Å². The molecule has 0 saturated heterocycles. The summed E-state index contributed by atoms with van der Waals surface area (Å²) in [4.78, 5) is 5.29. The number of hydrogen-bond acceptors (Lipinski definition) is 2. The number of rotatable bonds is 5. The van der Waals surface area contributed by atoms with Gasteiger partial charge in [0.15, 0.2) is 0 Å². The zero-order chi connectivity index (χ0) is 16.8. The van der Waals surface area contributed by atoms with Crippen LogP contribution in [0.1, 0.15) is 42.9 Å². The Morgan fingerprint density at radius 2 is 1.42 bits per heavy atom. The Morgan fingerprint density at radius 3 is 2.08 bits per heavy atom. The molecule has 2 heteroatoms. The minimum absolute atomic E-state index is 0.975. The summed E-state index contributed by atoms with van der Waals surface area (Å²) in [6.07, 6.45) is 4.48. The van der Waals surface area contributed by atoms with E-state index in [0.29, 0.717) is 0 Å². The van der Waals surface area contributed by atoms with Crippen LogP contribution >= 0.6 is 22.7 Å². The molecule has 1 aromatic carbocycles. The highest BCUT2D eigenvalue weighted by Gasteiger charge is 2.05. The van der Waals surface area contributed by atoms with Gasteiger partial charge in [0.1, 0.15) is 0 Å². The van der Waals surface area contributed by atoms with Crippen molar-refractivity contribution in [1.29, 1.82) is 0 Å². The predicted octanol–water partition coefficient (Wildman–Crippen LogP) is 7.25. The summed E-state index contributed by atoms with van der Waals surface area (Å²) >= 11 is 3.69. The molecule has 0 amide bonds. The molecular formula is C22H22S2. The highest BCUT2D eigenvalue weighted by molar-refractivity contribution is 7.16. The topological polar surface area (TPSA) is 0 Å². The molecule has 3 rings (SSSR count). The molecule has 3 aromatic rings. The van der Waals surface area contributed by atoms with Crippen LogP contribution < -0.4 is 0 Å². The highest BCUT2D eigenvalue weighted by atomic mass is 32.1. The van der Waals surface area contributed by atoms with Crippen LogP contribution in [-0.4, -0.2) is 0 Å². The van der Waals surface area contributed by atoms with Crippen molar-refractivity contribution in [1.82, 2.24) is 0 Å². The summed E-state index contributed by atoms with van der Waals surface area (Å²) in [6.45, 7) is 4.39. The molecule has 0 bridgehead atoms. The van der Waals surface area contributed by atoms with Crippen LogP contribution in [0.3, 0.4) is 0 Å². The van der Waals surface area contributed by atoms with Gasteiger partial charge in [-0.1, -0.05) is 56.4 Å². The van der Waals surface area contributed by atoms with Gasteiger partial charge in [-0.15, -0.1) is 22.7 Å². The first-order valence-electron chi connectivity index (χ1n) is 8.58. The molecule has 0 aliphatic heterocycles. The van der Waals surface area contributed by atoms with Crippen LogP contribution in [0.2, 0.25) is 0 Å². The first-order valence-corrected chi connectivity index (χ1v) is 10.2. The van der Waals surface area contributed by atoms with Gasteiger partial charge in [-0.05, 0) is 48.2 Å². The summed E-state index contributed by atoms with van der Waals surface area (Å²) in [6, 6.07) is 17.7. The van der Waals surface area contributed by atoms with E-state index in [1.807, 2.05) is 11.3 Å². The molecule has 0 unspecified atom stereocenters. The molecule has 0 radical (unpaired) electrons. The molecular weight excluding hydrogens is 328 g/mol. The molecule has 0 fully saturated rings. The lowest BCUT2D eigenvalue weighted by atomic mass is 10.1. The summed E-state index contributed by atoms with van der Waals surface area (Å²) in [5, 5.41) is 0. The van der Waals surface area contributed by atoms with Crippen molar-refractivity contribution in [2.45, 2.75) is 39.5 Å². The van der Waals surface area contributed by atoms with Crippen molar-refractivity contribution in [2.75, 3.05) is 0 Å². The predicted molar refractivity (Wildman–Crippen MR) is 109 cm³/mol. The Morgan fingerprint density at radius 1 is 0.750 bits per heavy atom. The lowest BCUT2D eigenvalue weighted by Gasteiger charge is -2.00. The highest BCUT2D eigenvalue weighted by Crippen LogP contribution is 2.32. The number of hydrogen-bond donors (Lipinski definition) is 0. The van der Waals surface area contributed by atoms with Crippen molar-refractivity contribution in [3.8, 4) is 32.7 Å². The second kappa shape index (κ2) is 8.33. The van der Waals surface area contributed by atoms with Gasteiger partial charge >= 0.3 is 0 Å². The van der Waals surface area contributed by atoms with Crippen LogP contribution in [0.4, 0.5) is 0 Å². The van der Waals surface area contributed by atoms with Gasteiger partial charge in [-0.3, -0.25) is 0 Å². The summed E-state index contributed by atoms with van der Waals surface area (Å²) in [7, 11) is 0. The fourth-order valence-corrected chi connectivity index (χ4v) is 4.55. The Balaban J connectivity index is 1.75. The summed E-state index contributed by atoms with van der Waals surface area (Å²) in [5.74, 6) is 6.48. The normalized spacial score (nSPS) is 10.4. The van der Waals surface area contributed by atoms with Crippen molar-refractivity contribution < 1.29 is 0 Å². The van der Waals surface area contributed by atoms with Gasteiger partial charge in [0, 0.05) is 21.1 Å². The maximum Gasteiger partial charge on any atom is 0.0775 e.